The fourth-order valence-electron chi connectivity index (χ4n) is 18.2. The van der Waals surface area contributed by atoms with Crippen LogP contribution in [0.4, 0.5) is 35.9 Å². The number of carbonyl (C=O) groups excluding carboxylic acids is 12. The summed E-state index contributed by atoms with van der Waals surface area (Å²) in [6.45, 7) is 12.2. The predicted molar refractivity (Wildman–Crippen MR) is 570 cm³/mol. The van der Waals surface area contributed by atoms with Gasteiger partial charge in [-0.05, 0) is 191 Å². The molecule has 14 N–H and O–H groups in total. The lowest BCUT2D eigenvalue weighted by molar-refractivity contribution is -0.193. The summed E-state index contributed by atoms with van der Waals surface area (Å²) in [5.74, 6) is 5.72. The zero-order chi connectivity index (χ0) is 110. The number of aliphatic imine (C=N–C) groups is 4. The Hall–Kier alpha value is -10.3. The van der Waals surface area contributed by atoms with Crippen LogP contribution in [-0.2, 0) is 92.6 Å². The van der Waals surface area contributed by atoms with Gasteiger partial charge in [0.05, 0.1) is 61.5 Å². The monoisotopic (exact) mass is 2180 g/mol. The maximum Gasteiger partial charge on any atom is 0.490 e. The smallest absolute Gasteiger partial charge is 0.475 e. The van der Waals surface area contributed by atoms with Gasteiger partial charge in [-0.25, -0.2) is 39.1 Å². The second-order valence-electron chi connectivity index (χ2n) is 40.6. The lowest BCUT2D eigenvalue weighted by Crippen LogP contribution is -2.44. The van der Waals surface area contributed by atoms with Crippen LogP contribution in [0.5, 0.6) is 0 Å². The Morgan fingerprint density at radius 3 is 0.840 bits per heavy atom. The molecular formula is C106H152F6N14O20S4. The zero-order valence-electron chi connectivity index (χ0n) is 87.0. The number of guanidine groups is 4. The van der Waals surface area contributed by atoms with E-state index in [2.05, 4.69) is 64.4 Å². The minimum Gasteiger partial charge on any atom is -0.475 e. The number of thioether (sulfide) groups is 4. The van der Waals surface area contributed by atoms with Crippen molar-refractivity contribution in [2.24, 2.45) is 31.4 Å². The number of ketones is 8. The van der Waals surface area contributed by atoms with Crippen molar-refractivity contribution in [3.05, 3.63) is 69.8 Å². The number of halogens is 6. The van der Waals surface area contributed by atoms with Gasteiger partial charge in [-0.3, -0.25) is 58.6 Å². The lowest BCUT2D eigenvalue weighted by atomic mass is 9.96. The van der Waals surface area contributed by atoms with Gasteiger partial charge in [-0.1, -0.05) is 75.3 Å². The maximum absolute atomic E-state index is 13.2. The van der Waals surface area contributed by atoms with Gasteiger partial charge in [0.25, 0.3) is 11.8 Å². The number of nitrogens with one attached hydrogen (secondary N) is 8. The van der Waals surface area contributed by atoms with Crippen molar-refractivity contribution in [3.63, 3.8) is 0 Å². The molecule has 4 saturated heterocycles. The summed E-state index contributed by atoms with van der Waals surface area (Å²) in [5.41, 5.74) is 14.0. The zero-order valence-corrected chi connectivity index (χ0v) is 90.3. The Balaban J connectivity index is 0.000000364. The first-order valence-electron chi connectivity index (χ1n) is 52.1. The molecule has 0 aromatic heterocycles. The van der Waals surface area contributed by atoms with E-state index in [1.807, 2.05) is 101 Å². The summed E-state index contributed by atoms with van der Waals surface area (Å²) in [7, 11) is 0. The number of hydrogen-bond acceptors (Lipinski definition) is 32. The summed E-state index contributed by atoms with van der Waals surface area (Å²) in [5, 5.41) is 40.0. The minimum atomic E-state index is -5.08. The summed E-state index contributed by atoms with van der Waals surface area (Å²) in [6.07, 6.45) is 25.8. The normalized spacial score (nSPS) is 20.4. The molecule has 2 aromatic carbocycles. The highest BCUT2D eigenvalue weighted by Crippen LogP contribution is 2.40. The number of ether oxygens (including phenoxy) is 4. The van der Waals surface area contributed by atoms with Crippen LogP contribution >= 0.6 is 47.0 Å². The number of carboxylic acid groups (broad SMARTS) is 2. The molecule has 0 aliphatic carbocycles. The third kappa shape index (κ3) is 50.5. The molecule has 2 aromatic rings. The molecule has 8 aliphatic rings. The van der Waals surface area contributed by atoms with Gasteiger partial charge in [0, 0.05) is 171 Å². The quantitative estimate of drug-likeness (QED) is 0.0166. The molecule has 0 spiro atoms. The second kappa shape index (κ2) is 66.0. The predicted octanol–water partition coefficient (Wildman–Crippen LogP) is 14.4. The highest BCUT2D eigenvalue weighted by Gasteiger charge is 2.46. The first-order chi connectivity index (χ1) is 71.2. The number of nitrogens with zero attached hydrogens (tertiary/aromatic N) is 4. The number of benzene rings is 2. The number of rotatable bonds is 62. The number of terminal acetylenes is 2. The van der Waals surface area contributed by atoms with Crippen LogP contribution in [0.2, 0.25) is 0 Å². The van der Waals surface area contributed by atoms with Crippen molar-refractivity contribution in [3.8, 4) is 24.7 Å². The second-order valence-corrected chi connectivity index (χ2v) is 45.7. The van der Waals surface area contributed by atoms with E-state index in [0.717, 1.165) is 151 Å². The van der Waals surface area contributed by atoms with E-state index in [1.165, 1.54) is 0 Å². The summed E-state index contributed by atoms with van der Waals surface area (Å²) >= 11 is 7.65. The minimum absolute atomic E-state index is 0.0295. The third-order valence-electron chi connectivity index (χ3n) is 25.4. The summed E-state index contributed by atoms with van der Waals surface area (Å²) in [4.78, 5) is 190. The fourth-order valence-corrected chi connectivity index (χ4v) is 24.3. The third-order valence-corrected chi connectivity index (χ3v) is 31.4. The van der Waals surface area contributed by atoms with E-state index in [0.29, 0.717) is 193 Å². The molecule has 8 aliphatic heterocycles. The Kier molecular flexibility index (Phi) is 55.7. The number of carboxylic acids is 2. The van der Waals surface area contributed by atoms with Gasteiger partial charge in [0.15, 0.2) is 11.9 Å². The van der Waals surface area contributed by atoms with Gasteiger partial charge in [0.2, 0.25) is 11.9 Å². The number of alkyl carbamates (subject to hydrolysis) is 2. The molecule has 0 bridgehead atoms. The van der Waals surface area contributed by atoms with Crippen molar-refractivity contribution in [2.45, 2.75) is 391 Å². The summed E-state index contributed by atoms with van der Waals surface area (Å²) in [6, 6.07) is 12.3. The van der Waals surface area contributed by atoms with Gasteiger partial charge in [0.1, 0.15) is 70.7 Å². The SMILES string of the molecule is C#CCOCCNC(=O)c1cc(CC(=O)CCCCCC(=O)CCCCC2SCC3NC(N)=NC32)cc(CC(=O)CCCCCC(=O)CCCCC2SCC3NC(N)=NC32)c1.C#CCOCCNC(=O)c1cc(CC(=O)CCCCCC(=O)CCCCC2SCC3NC(NC(=O)OC(C)(C)C)=NC32)cc(CC(=O)CCCCCC(=O)CCCCC2SCC3NC(NC(=O)OC(C)(C)C)=NC32)c1.O=C(O)C(F)(F)F.O=C(O)C(F)(F)F. The number of aliphatic carboxylic acids is 2. The van der Waals surface area contributed by atoms with Gasteiger partial charge < -0.3 is 72.5 Å². The average Bonchev–Trinajstić information content (AvgIpc) is 1.66. The molecule has 44 heteroatoms. The number of Topliss-reactive ketones (excluding diaryl/α,β-unsaturated/α-hetero) is 8. The molecule has 150 heavy (non-hydrogen) atoms. The molecule has 0 radical (unpaired) electrons. The molecule has 10 rings (SSSR count). The number of hydrogen-bond donors (Lipinski definition) is 12. The van der Waals surface area contributed by atoms with Gasteiger partial charge in [-0.2, -0.15) is 73.4 Å². The Labute approximate surface area is 892 Å². The van der Waals surface area contributed by atoms with Crippen LogP contribution in [0, 0.1) is 24.7 Å². The number of carbonyl (C=O) groups is 14. The molecule has 4 fully saturated rings. The molecule has 12 unspecified atom stereocenters. The maximum atomic E-state index is 13.2. The molecule has 8 heterocycles. The average molecular weight is 2180 g/mol. The van der Waals surface area contributed by atoms with E-state index in [4.69, 9.17) is 73.0 Å². The van der Waals surface area contributed by atoms with E-state index in [9.17, 15) is 83.9 Å². The van der Waals surface area contributed by atoms with Crippen molar-refractivity contribution >= 4 is 153 Å². The lowest BCUT2D eigenvalue weighted by Gasteiger charge is -2.19. The Morgan fingerprint density at radius 1 is 0.367 bits per heavy atom. The van der Waals surface area contributed by atoms with Crippen molar-refractivity contribution in [2.75, 3.05) is 62.5 Å². The standard InChI is InChI=1S/C56H83N7O10S2.C46H67N7O6S2.2C2HF3O2/c1-8-28-71-29-27-57-50(68)39-31-37(33-42(66)23-13-9-11-19-40(64)21-15-17-25-46-48-44(35-74-46)58-51(60-48)62-53(69)72-55(2,3)4)30-38(32-39)34-43(67)24-14-10-12-20-41(65)22-16-18-26-47-49-45(36-75-47)59-52(61-49)63-54(70)73-56(5,6)7;1-2-22-59-23-21-49-44(58)33-25-31(27-36(56)17-7-3-5-13-34(54)15-9-11-19-40-42-38(29-60-40)50-45(47)52-42)24-32(26-33)28-37(57)18-8-4-6-14-35(55)16-10-12-20-41-43-39(30-61-41)51-46(48)53-43;2*3-2(4,5)1(6)7/h1,30-32,44-49H,9-29,33-36H2,2-7H3,(H,57,68)(H2,58,60,62,69)(H2,59,61,63,70);1,24-26,38-43H,3-23,27-30H2,(H,49,58)(H3,47,50,52)(H3,48,51,53);2*(H,6,7). The largest absolute Gasteiger partial charge is 0.490 e. The topological polar surface area (TPSA) is 514 Å². The van der Waals surface area contributed by atoms with Gasteiger partial charge >= 0.3 is 36.5 Å². The first kappa shape index (κ1) is 127. The van der Waals surface area contributed by atoms with Crippen LogP contribution in [-0.4, -0.2) is 272 Å². The van der Waals surface area contributed by atoms with Crippen molar-refractivity contribution in [1.29, 1.82) is 0 Å². The fraction of sp³-hybridized carbons (Fsp3) is 0.679. The Bertz CT molecular complexity index is 4780. The highest BCUT2D eigenvalue weighted by molar-refractivity contribution is 8.01. The van der Waals surface area contributed by atoms with Crippen molar-refractivity contribution < 1.29 is 123 Å². The molecule has 34 nitrogen and oxygen atoms in total. The van der Waals surface area contributed by atoms with Crippen LogP contribution in [0.1, 0.15) is 316 Å². The number of alkyl halides is 6. The molecule has 12 atom stereocenters. The number of nitrogens with two attached hydrogens (primary N) is 2. The molecule has 4 amide bonds. The van der Waals surface area contributed by atoms with E-state index < -0.39 is 47.7 Å². The van der Waals surface area contributed by atoms with Crippen LogP contribution < -0.4 is 54.0 Å². The molecule has 0 saturated carbocycles. The van der Waals surface area contributed by atoms with Crippen LogP contribution in [0.15, 0.2) is 56.4 Å². The van der Waals surface area contributed by atoms with Crippen LogP contribution in [0.25, 0.3) is 0 Å². The van der Waals surface area contributed by atoms with E-state index >= 15 is 0 Å². The number of unbranched alkanes of at least 4 members (excludes halogenated alkanes) is 12. The number of fused-ring (bicyclic) bond motifs is 4. The Morgan fingerprint density at radius 2 is 0.600 bits per heavy atom. The van der Waals surface area contributed by atoms with Crippen molar-refractivity contribution in [1.82, 2.24) is 42.5 Å². The van der Waals surface area contributed by atoms with E-state index in [1.54, 1.807) is 24.3 Å². The molecular weight excluding hydrogens is 2030 g/mol. The molecule has 832 valence electrons. The number of amides is 4. The first-order valence-corrected chi connectivity index (χ1v) is 56.3. The summed E-state index contributed by atoms with van der Waals surface area (Å²) < 4.78 is 84.7. The van der Waals surface area contributed by atoms with Gasteiger partial charge in [-0.15, -0.1) is 12.8 Å². The highest BCUT2D eigenvalue weighted by atomic mass is 32.2. The van der Waals surface area contributed by atoms with E-state index in [-0.39, 0.29) is 160 Å². The van der Waals surface area contributed by atoms with Crippen LogP contribution in [0.3, 0.4) is 0 Å².